The monoisotopic (exact) mass is 346 g/mol. The van der Waals surface area contributed by atoms with Crippen molar-refractivity contribution in [2.45, 2.75) is 38.0 Å². The second-order valence-corrected chi connectivity index (χ2v) is 7.27. The minimum atomic E-state index is -0.493. The maximum Gasteiger partial charge on any atom is 0.321 e. The number of hydrogen-bond donors (Lipinski definition) is 2. The first kappa shape index (κ1) is 18.1. The van der Waals surface area contributed by atoms with Crippen LogP contribution in [0.1, 0.15) is 20.8 Å². The largest absolute Gasteiger partial charge is 0.333 e. The molecule has 1 aromatic carbocycles. The molecule has 0 atom stereocenters. The molecule has 0 saturated heterocycles. The lowest BCUT2D eigenvalue weighted by atomic mass is 10.1. The summed E-state index contributed by atoms with van der Waals surface area (Å²) in [4.78, 5) is 28.2. The molecule has 2 aromatic rings. The van der Waals surface area contributed by atoms with Gasteiger partial charge in [0.1, 0.15) is 0 Å². The molecule has 0 aliphatic rings. The third-order valence-electron chi connectivity index (χ3n) is 3.01. The molecule has 0 radical (unpaired) electrons. The van der Waals surface area contributed by atoms with Gasteiger partial charge < -0.3 is 9.88 Å². The Kier molecular flexibility index (Phi) is 5.66. The average Bonchev–Trinajstić information content (AvgIpc) is 2.82. The Hall–Kier alpha value is -2.28. The second kappa shape index (κ2) is 7.53. The molecular weight excluding hydrogens is 324 g/mol. The van der Waals surface area contributed by atoms with Crippen molar-refractivity contribution >= 4 is 34.7 Å². The van der Waals surface area contributed by atoms with Gasteiger partial charge >= 0.3 is 6.03 Å². The number of nitrogens with one attached hydrogen (secondary N) is 2. The van der Waals surface area contributed by atoms with E-state index in [1.807, 2.05) is 49.6 Å². The molecule has 0 bridgehead atoms. The molecule has 0 saturated carbocycles. The lowest BCUT2D eigenvalue weighted by molar-refractivity contribution is -0.117. The van der Waals surface area contributed by atoms with Gasteiger partial charge in [-0.2, -0.15) is 0 Å². The molecule has 0 fully saturated rings. The van der Waals surface area contributed by atoms with Crippen molar-refractivity contribution in [1.82, 2.24) is 20.2 Å². The molecular formula is C17H22N4O2S. The maximum atomic E-state index is 11.9. The summed E-state index contributed by atoms with van der Waals surface area (Å²) in [7, 11) is 0. The lowest BCUT2D eigenvalue weighted by Gasteiger charge is -2.20. The number of amides is 3. The first-order chi connectivity index (χ1) is 11.3. The zero-order chi connectivity index (χ0) is 17.7. The van der Waals surface area contributed by atoms with Crippen LogP contribution in [0.4, 0.5) is 4.79 Å². The van der Waals surface area contributed by atoms with Crippen LogP contribution in [-0.4, -0.2) is 32.8 Å². The van der Waals surface area contributed by atoms with E-state index >= 15 is 0 Å². The molecule has 2 N–H and O–H groups in total. The highest BCUT2D eigenvalue weighted by Crippen LogP contribution is 2.23. The zero-order valence-electron chi connectivity index (χ0n) is 14.1. The summed E-state index contributed by atoms with van der Waals surface area (Å²) < 4.78 is 2.00. The van der Waals surface area contributed by atoms with Crippen molar-refractivity contribution in [2.24, 2.45) is 0 Å². The topological polar surface area (TPSA) is 76.0 Å². The Bertz CT molecular complexity index is 762. The van der Waals surface area contributed by atoms with Crippen molar-refractivity contribution in [3.8, 4) is 0 Å². The third kappa shape index (κ3) is 4.86. The van der Waals surface area contributed by atoms with Crippen molar-refractivity contribution < 1.29 is 9.59 Å². The molecule has 0 aliphatic heterocycles. The predicted molar refractivity (Wildman–Crippen MR) is 97.1 cm³/mol. The molecule has 0 unspecified atom stereocenters. The molecule has 128 valence electrons. The van der Waals surface area contributed by atoms with Gasteiger partial charge in [0.05, 0.1) is 16.8 Å². The van der Waals surface area contributed by atoms with E-state index in [0.29, 0.717) is 6.54 Å². The number of para-hydroxylation sites is 2. The van der Waals surface area contributed by atoms with Crippen LogP contribution < -0.4 is 10.6 Å². The number of carbonyl (C=O) groups excluding carboxylic acids is 2. The van der Waals surface area contributed by atoms with E-state index < -0.39 is 11.6 Å². The summed E-state index contributed by atoms with van der Waals surface area (Å²) in [5.74, 6) is -0.253. The Morgan fingerprint density at radius 1 is 1.33 bits per heavy atom. The van der Waals surface area contributed by atoms with Crippen LogP contribution in [0.25, 0.3) is 11.0 Å². The van der Waals surface area contributed by atoms with Crippen molar-refractivity contribution in [1.29, 1.82) is 0 Å². The van der Waals surface area contributed by atoms with Gasteiger partial charge in [-0.25, -0.2) is 9.78 Å². The number of hydrogen-bond acceptors (Lipinski definition) is 4. The van der Waals surface area contributed by atoms with Gasteiger partial charge in [-0.15, -0.1) is 6.58 Å². The minimum absolute atomic E-state index is 0.109. The van der Waals surface area contributed by atoms with Gasteiger partial charge in [0.25, 0.3) is 0 Å². The number of benzene rings is 1. The van der Waals surface area contributed by atoms with E-state index in [0.717, 1.165) is 16.2 Å². The summed E-state index contributed by atoms with van der Waals surface area (Å²) in [6, 6.07) is 7.28. The average molecular weight is 346 g/mol. The summed E-state index contributed by atoms with van der Waals surface area (Å²) in [5, 5.41) is 5.74. The normalized spacial score (nSPS) is 11.3. The highest BCUT2D eigenvalue weighted by atomic mass is 32.2. The molecule has 0 spiro atoms. The smallest absolute Gasteiger partial charge is 0.321 e. The molecule has 3 amide bonds. The summed E-state index contributed by atoms with van der Waals surface area (Å²) in [6.45, 7) is 9.92. The zero-order valence-corrected chi connectivity index (χ0v) is 14.9. The van der Waals surface area contributed by atoms with Crippen LogP contribution in [-0.2, 0) is 11.3 Å². The van der Waals surface area contributed by atoms with Crippen molar-refractivity contribution in [2.75, 3.05) is 5.75 Å². The fraction of sp³-hybridized carbons (Fsp3) is 0.353. The fourth-order valence-corrected chi connectivity index (χ4v) is 2.96. The Morgan fingerprint density at radius 2 is 2.04 bits per heavy atom. The highest BCUT2D eigenvalue weighted by molar-refractivity contribution is 7.99. The molecule has 7 heteroatoms. The number of nitrogens with zero attached hydrogens (tertiary/aromatic N) is 2. The summed E-state index contributed by atoms with van der Waals surface area (Å²) >= 11 is 1.29. The predicted octanol–water partition coefficient (Wildman–Crippen LogP) is 2.94. The summed E-state index contributed by atoms with van der Waals surface area (Å²) in [6.07, 6.45) is 1.79. The van der Waals surface area contributed by atoms with Crippen molar-refractivity contribution in [3.63, 3.8) is 0 Å². The van der Waals surface area contributed by atoms with Gasteiger partial charge in [0.2, 0.25) is 5.91 Å². The lowest BCUT2D eigenvalue weighted by Crippen LogP contribution is -2.48. The highest BCUT2D eigenvalue weighted by Gasteiger charge is 2.17. The first-order valence-corrected chi connectivity index (χ1v) is 8.59. The van der Waals surface area contributed by atoms with Gasteiger partial charge in [-0.3, -0.25) is 10.1 Å². The van der Waals surface area contributed by atoms with Gasteiger partial charge in [0, 0.05) is 12.1 Å². The number of allylic oxidation sites excluding steroid dienone is 1. The van der Waals surface area contributed by atoms with E-state index in [1.54, 1.807) is 6.08 Å². The second-order valence-electron chi connectivity index (χ2n) is 6.32. The Morgan fingerprint density at radius 3 is 2.71 bits per heavy atom. The van der Waals surface area contributed by atoms with E-state index in [-0.39, 0.29) is 11.7 Å². The quantitative estimate of drug-likeness (QED) is 0.645. The SMILES string of the molecule is C=CCn1c(SCC(=O)NC(=O)NC(C)(C)C)nc2ccccc21. The number of aromatic nitrogens is 2. The number of imidazole rings is 1. The molecule has 24 heavy (non-hydrogen) atoms. The van der Waals surface area contributed by atoms with Gasteiger partial charge in [0.15, 0.2) is 5.16 Å². The van der Waals surface area contributed by atoms with E-state index in [9.17, 15) is 9.59 Å². The van der Waals surface area contributed by atoms with Gasteiger partial charge in [-0.1, -0.05) is 30.0 Å². The van der Waals surface area contributed by atoms with Crippen LogP contribution in [0, 0.1) is 0 Å². The molecule has 2 rings (SSSR count). The Labute approximate surface area is 145 Å². The molecule has 6 nitrogen and oxygen atoms in total. The molecule has 1 heterocycles. The summed E-state index contributed by atoms with van der Waals surface area (Å²) in [5.41, 5.74) is 1.47. The van der Waals surface area contributed by atoms with E-state index in [4.69, 9.17) is 0 Å². The standard InChI is InChI=1S/C17H22N4O2S/c1-5-10-21-13-9-7-6-8-12(13)18-16(21)24-11-14(22)19-15(23)20-17(2,3)4/h5-9H,1,10-11H2,2-4H3,(H2,19,20,22,23). The number of fused-ring (bicyclic) bond motifs is 1. The van der Waals surface area contributed by atoms with Crippen LogP contribution in [0.3, 0.4) is 0 Å². The van der Waals surface area contributed by atoms with Crippen LogP contribution in [0.5, 0.6) is 0 Å². The van der Waals surface area contributed by atoms with Crippen LogP contribution in [0.15, 0.2) is 42.1 Å². The van der Waals surface area contributed by atoms with Crippen LogP contribution >= 0.6 is 11.8 Å². The number of carbonyl (C=O) groups is 2. The van der Waals surface area contributed by atoms with Crippen molar-refractivity contribution in [3.05, 3.63) is 36.9 Å². The number of thioether (sulfide) groups is 1. The van der Waals surface area contributed by atoms with E-state index in [1.165, 1.54) is 11.8 Å². The van der Waals surface area contributed by atoms with Crippen LogP contribution in [0.2, 0.25) is 0 Å². The number of rotatable bonds is 5. The minimum Gasteiger partial charge on any atom is -0.333 e. The maximum absolute atomic E-state index is 11.9. The first-order valence-electron chi connectivity index (χ1n) is 7.61. The number of imide groups is 1. The Balaban J connectivity index is 2.02. The van der Waals surface area contributed by atoms with E-state index in [2.05, 4.69) is 22.2 Å². The van der Waals surface area contributed by atoms with Gasteiger partial charge in [-0.05, 0) is 32.9 Å². The molecule has 0 aliphatic carbocycles. The fourth-order valence-electron chi connectivity index (χ4n) is 2.13. The molecule has 1 aromatic heterocycles. The number of urea groups is 1. The third-order valence-corrected chi connectivity index (χ3v) is 3.98.